The summed E-state index contributed by atoms with van der Waals surface area (Å²) in [5.74, 6) is 1.15. The molecule has 2 rings (SSSR count). The highest BCUT2D eigenvalue weighted by Gasteiger charge is 2.44. The molecule has 0 aromatic carbocycles. The van der Waals surface area contributed by atoms with Crippen molar-refractivity contribution < 1.29 is 24.8 Å². The molecule has 0 bridgehead atoms. The van der Waals surface area contributed by atoms with E-state index in [9.17, 15) is 10.2 Å². The van der Waals surface area contributed by atoms with Crippen molar-refractivity contribution in [2.75, 3.05) is 6.61 Å². The van der Waals surface area contributed by atoms with Crippen LogP contribution in [0.25, 0.3) is 0 Å². The standard InChI is InChI=1S/C11H17NO5/c1-5-3-8-9(12-6(2)17-8)11(16-5)10(15)7(14)4-13/h3,7-11,13-15H,4H2,1-2H3/t7-,8-,9-,10-,11-/m1/s1. The Morgan fingerprint density at radius 2 is 2.06 bits per heavy atom. The molecule has 2 aliphatic heterocycles. The normalized spacial score (nSPS) is 35.0. The number of hydrogen-bond donors (Lipinski definition) is 3. The first kappa shape index (κ1) is 12.3. The largest absolute Gasteiger partial charge is 0.490 e. The Bertz CT molecular complexity index is 354. The van der Waals surface area contributed by atoms with Gasteiger partial charge in [0, 0.05) is 6.92 Å². The molecular weight excluding hydrogens is 226 g/mol. The van der Waals surface area contributed by atoms with Crippen LogP contribution in [0.5, 0.6) is 0 Å². The maximum absolute atomic E-state index is 9.91. The van der Waals surface area contributed by atoms with Crippen LogP contribution in [0.3, 0.4) is 0 Å². The van der Waals surface area contributed by atoms with Crippen LogP contribution in [0.4, 0.5) is 0 Å². The third-order valence-corrected chi connectivity index (χ3v) is 2.95. The van der Waals surface area contributed by atoms with Crippen LogP contribution in [0.15, 0.2) is 16.8 Å². The van der Waals surface area contributed by atoms with Crippen LogP contribution in [-0.4, -0.2) is 58.3 Å². The van der Waals surface area contributed by atoms with E-state index in [1.807, 2.05) is 0 Å². The van der Waals surface area contributed by atoms with Crippen LogP contribution in [-0.2, 0) is 9.47 Å². The highest BCUT2D eigenvalue weighted by atomic mass is 16.5. The Morgan fingerprint density at radius 1 is 1.35 bits per heavy atom. The first-order valence-electron chi connectivity index (χ1n) is 5.56. The number of allylic oxidation sites excluding steroid dienone is 1. The summed E-state index contributed by atoms with van der Waals surface area (Å²) in [5.41, 5.74) is 0. The molecule has 0 unspecified atom stereocenters. The van der Waals surface area contributed by atoms with Crippen molar-refractivity contribution in [2.45, 2.75) is 44.3 Å². The average molecular weight is 243 g/mol. The minimum Gasteiger partial charge on any atom is -0.490 e. The summed E-state index contributed by atoms with van der Waals surface area (Å²) in [4.78, 5) is 4.24. The summed E-state index contributed by atoms with van der Waals surface area (Å²) in [6.45, 7) is 2.95. The molecule has 0 aromatic heterocycles. The maximum Gasteiger partial charge on any atom is 0.181 e. The zero-order chi connectivity index (χ0) is 12.6. The van der Waals surface area contributed by atoms with Gasteiger partial charge in [0.25, 0.3) is 0 Å². The predicted octanol–water partition coefficient (Wildman–Crippen LogP) is -0.811. The highest BCUT2D eigenvalue weighted by Crippen LogP contribution is 2.29. The van der Waals surface area contributed by atoms with Gasteiger partial charge in [-0.2, -0.15) is 0 Å². The zero-order valence-corrected chi connectivity index (χ0v) is 9.78. The Hall–Kier alpha value is -1.11. The van der Waals surface area contributed by atoms with E-state index in [0.717, 1.165) is 0 Å². The number of aliphatic hydroxyl groups excluding tert-OH is 3. The SMILES string of the molecule is CC1=C[C@H]2OC(C)=N[C@H]2[C@H]([C@H](O)[C@H](O)CO)O1. The van der Waals surface area contributed by atoms with Gasteiger partial charge in [-0.05, 0) is 13.0 Å². The molecule has 0 aliphatic carbocycles. The van der Waals surface area contributed by atoms with E-state index in [4.69, 9.17) is 14.6 Å². The van der Waals surface area contributed by atoms with E-state index in [1.165, 1.54) is 0 Å². The number of fused-ring (bicyclic) bond motifs is 1. The van der Waals surface area contributed by atoms with Gasteiger partial charge in [-0.25, -0.2) is 4.99 Å². The van der Waals surface area contributed by atoms with Gasteiger partial charge < -0.3 is 24.8 Å². The predicted molar refractivity (Wildman–Crippen MR) is 59.5 cm³/mol. The van der Waals surface area contributed by atoms with Crippen molar-refractivity contribution in [1.82, 2.24) is 0 Å². The van der Waals surface area contributed by atoms with Gasteiger partial charge >= 0.3 is 0 Å². The van der Waals surface area contributed by atoms with Crippen molar-refractivity contribution in [3.8, 4) is 0 Å². The second kappa shape index (κ2) is 4.64. The molecule has 17 heavy (non-hydrogen) atoms. The van der Waals surface area contributed by atoms with Gasteiger partial charge in [0.2, 0.25) is 0 Å². The molecule has 3 N–H and O–H groups in total. The lowest BCUT2D eigenvalue weighted by Gasteiger charge is -2.34. The number of hydrogen-bond acceptors (Lipinski definition) is 6. The summed E-state index contributed by atoms with van der Waals surface area (Å²) in [5, 5.41) is 28.2. The molecule has 0 fully saturated rings. The van der Waals surface area contributed by atoms with E-state index < -0.39 is 24.9 Å². The van der Waals surface area contributed by atoms with Crippen molar-refractivity contribution in [3.63, 3.8) is 0 Å². The Kier molecular flexibility index (Phi) is 3.37. The van der Waals surface area contributed by atoms with Crippen molar-refractivity contribution >= 4 is 5.90 Å². The van der Waals surface area contributed by atoms with Crippen molar-refractivity contribution in [3.05, 3.63) is 11.8 Å². The molecule has 0 radical (unpaired) electrons. The molecule has 0 aromatic rings. The third kappa shape index (κ3) is 2.29. The first-order chi connectivity index (χ1) is 8.02. The lowest BCUT2D eigenvalue weighted by Crippen LogP contribution is -2.51. The summed E-state index contributed by atoms with van der Waals surface area (Å²) in [6, 6.07) is -0.380. The molecule has 96 valence electrons. The second-order valence-electron chi connectivity index (χ2n) is 4.32. The monoisotopic (exact) mass is 243 g/mol. The summed E-state index contributed by atoms with van der Waals surface area (Å²) in [7, 11) is 0. The molecular formula is C11H17NO5. The third-order valence-electron chi connectivity index (χ3n) is 2.95. The smallest absolute Gasteiger partial charge is 0.181 e. The summed E-state index contributed by atoms with van der Waals surface area (Å²) in [6.07, 6.45) is -1.63. The number of ether oxygens (including phenoxy) is 2. The molecule has 0 amide bonds. The number of aliphatic hydroxyl groups is 3. The fourth-order valence-corrected chi connectivity index (χ4v) is 2.13. The van der Waals surface area contributed by atoms with E-state index in [0.29, 0.717) is 11.7 Å². The molecule has 0 saturated heterocycles. The van der Waals surface area contributed by atoms with Crippen molar-refractivity contribution in [2.24, 2.45) is 4.99 Å². The van der Waals surface area contributed by atoms with E-state index in [-0.39, 0.29) is 12.1 Å². The number of nitrogens with zero attached hydrogens (tertiary/aromatic N) is 1. The zero-order valence-electron chi connectivity index (χ0n) is 9.78. The van der Waals surface area contributed by atoms with Gasteiger partial charge in [0.15, 0.2) is 12.0 Å². The summed E-state index contributed by atoms with van der Waals surface area (Å²) >= 11 is 0. The molecule has 0 spiro atoms. The molecule has 0 saturated carbocycles. The van der Waals surface area contributed by atoms with Gasteiger partial charge in [0.05, 0.1) is 12.4 Å². The molecule has 6 nitrogen and oxygen atoms in total. The topological polar surface area (TPSA) is 91.5 Å². The van der Waals surface area contributed by atoms with Crippen molar-refractivity contribution in [1.29, 1.82) is 0 Å². The van der Waals surface area contributed by atoms with Crippen LogP contribution in [0, 0.1) is 0 Å². The lowest BCUT2D eigenvalue weighted by molar-refractivity contribution is -0.104. The minimum absolute atomic E-state index is 0.269. The van der Waals surface area contributed by atoms with Crippen LogP contribution in [0.1, 0.15) is 13.8 Å². The Balaban J connectivity index is 2.19. The maximum atomic E-state index is 9.91. The first-order valence-corrected chi connectivity index (χ1v) is 5.56. The highest BCUT2D eigenvalue weighted by molar-refractivity contribution is 5.75. The van der Waals surface area contributed by atoms with Crippen LogP contribution < -0.4 is 0 Å². The number of aliphatic imine (C=N–C) groups is 1. The molecule has 6 heteroatoms. The quantitative estimate of drug-likeness (QED) is 0.603. The fraction of sp³-hybridized carbons (Fsp3) is 0.727. The Labute approximate surface area is 99.2 Å². The van der Waals surface area contributed by atoms with Gasteiger partial charge in [0.1, 0.15) is 24.4 Å². The number of rotatable bonds is 3. The van der Waals surface area contributed by atoms with Gasteiger partial charge in [-0.15, -0.1) is 0 Å². The van der Waals surface area contributed by atoms with E-state index in [1.54, 1.807) is 19.9 Å². The molecule has 2 heterocycles. The Morgan fingerprint density at radius 3 is 2.71 bits per heavy atom. The second-order valence-corrected chi connectivity index (χ2v) is 4.32. The van der Waals surface area contributed by atoms with Crippen LogP contribution >= 0.6 is 0 Å². The van der Waals surface area contributed by atoms with Gasteiger partial charge in [-0.1, -0.05) is 0 Å². The van der Waals surface area contributed by atoms with E-state index >= 15 is 0 Å². The molecule has 5 atom stereocenters. The lowest BCUT2D eigenvalue weighted by atomic mass is 9.95. The average Bonchev–Trinajstić information content (AvgIpc) is 2.66. The minimum atomic E-state index is -1.25. The van der Waals surface area contributed by atoms with Gasteiger partial charge in [-0.3, -0.25) is 0 Å². The van der Waals surface area contributed by atoms with Crippen LogP contribution in [0.2, 0.25) is 0 Å². The van der Waals surface area contributed by atoms with E-state index in [2.05, 4.69) is 4.99 Å². The summed E-state index contributed by atoms with van der Waals surface area (Å²) < 4.78 is 11.0. The fourth-order valence-electron chi connectivity index (χ4n) is 2.13. The molecule has 2 aliphatic rings.